The van der Waals surface area contributed by atoms with Gasteiger partial charge in [-0.05, 0) is 39.0 Å². The molecule has 0 fully saturated rings. The Morgan fingerprint density at radius 2 is 1.94 bits per heavy atom. The predicted molar refractivity (Wildman–Crippen MR) is 59.0 cm³/mol. The second-order valence-corrected chi connectivity index (χ2v) is 4.84. The van der Waals surface area contributed by atoms with Crippen molar-refractivity contribution in [2.45, 2.75) is 26.3 Å². The Labute approximate surface area is 98.4 Å². The largest absolute Gasteiger partial charge is 0.530 e. The fourth-order valence-electron chi connectivity index (χ4n) is 1.43. The topological polar surface area (TPSA) is 43.4 Å². The Balaban J connectivity index is 3.27. The summed E-state index contributed by atoms with van der Waals surface area (Å²) in [6.45, 7) is 5.05. The molecule has 0 aliphatic rings. The summed E-state index contributed by atoms with van der Waals surface area (Å²) in [7, 11) is 0. The molecule has 1 aromatic carbocycles. The van der Waals surface area contributed by atoms with E-state index >= 15 is 0 Å². The average Bonchev–Trinajstić information content (AvgIpc) is 1.96. The molecule has 0 N–H and O–H groups in total. The van der Waals surface area contributed by atoms with E-state index in [-0.39, 0.29) is 10.7 Å². The van der Waals surface area contributed by atoms with E-state index in [1.54, 1.807) is 20.8 Å². The maximum atomic E-state index is 13.1. The SMILES string of the molecule is CC(C)(C)N(C(=O)[O-])c1cc(F)cc(Cl)c1. The Morgan fingerprint density at radius 1 is 1.38 bits per heavy atom. The second kappa shape index (κ2) is 4.29. The zero-order valence-corrected chi connectivity index (χ0v) is 10.0. The van der Waals surface area contributed by atoms with E-state index in [0.29, 0.717) is 0 Å². The molecule has 0 aliphatic carbocycles. The highest BCUT2D eigenvalue weighted by molar-refractivity contribution is 6.30. The van der Waals surface area contributed by atoms with Gasteiger partial charge in [0.1, 0.15) is 11.9 Å². The predicted octanol–water partition coefficient (Wildman–Crippen LogP) is 2.43. The van der Waals surface area contributed by atoms with E-state index in [9.17, 15) is 14.3 Å². The van der Waals surface area contributed by atoms with Crippen molar-refractivity contribution in [3.8, 4) is 0 Å². The lowest BCUT2D eigenvalue weighted by atomic mass is 10.1. The van der Waals surface area contributed by atoms with Crippen molar-refractivity contribution in [3.05, 3.63) is 29.0 Å². The Morgan fingerprint density at radius 3 is 2.31 bits per heavy atom. The molecule has 0 aliphatic heterocycles. The number of hydrogen-bond donors (Lipinski definition) is 0. The number of nitrogens with zero attached hydrogens (tertiary/aromatic N) is 1. The molecule has 0 unspecified atom stereocenters. The lowest BCUT2D eigenvalue weighted by molar-refractivity contribution is -0.247. The summed E-state index contributed by atoms with van der Waals surface area (Å²) in [4.78, 5) is 12.0. The van der Waals surface area contributed by atoms with Gasteiger partial charge in [-0.15, -0.1) is 0 Å². The number of carbonyl (C=O) groups excluding carboxylic acids is 1. The van der Waals surface area contributed by atoms with Crippen LogP contribution in [0.15, 0.2) is 18.2 Å². The van der Waals surface area contributed by atoms with Crippen LogP contribution in [-0.4, -0.2) is 11.6 Å². The summed E-state index contributed by atoms with van der Waals surface area (Å²) >= 11 is 5.67. The third-order valence-electron chi connectivity index (χ3n) is 1.96. The molecule has 5 heteroatoms. The van der Waals surface area contributed by atoms with Crippen molar-refractivity contribution in [1.29, 1.82) is 0 Å². The number of anilines is 1. The van der Waals surface area contributed by atoms with Gasteiger partial charge in [0.15, 0.2) is 0 Å². The molecular formula is C11H12ClFNO2-. The van der Waals surface area contributed by atoms with Gasteiger partial charge in [-0.25, -0.2) is 4.39 Å². The number of hydrogen-bond acceptors (Lipinski definition) is 2. The third kappa shape index (κ3) is 2.85. The minimum atomic E-state index is -1.39. The van der Waals surface area contributed by atoms with E-state index in [4.69, 9.17) is 11.6 Å². The van der Waals surface area contributed by atoms with Crippen molar-refractivity contribution >= 4 is 23.4 Å². The van der Waals surface area contributed by atoms with Gasteiger partial charge in [0.05, 0.1) is 0 Å². The van der Waals surface area contributed by atoms with Gasteiger partial charge in [0.2, 0.25) is 0 Å². The normalized spacial score (nSPS) is 11.3. The van der Waals surface area contributed by atoms with E-state index in [1.165, 1.54) is 6.07 Å². The van der Waals surface area contributed by atoms with Crippen molar-refractivity contribution in [2.24, 2.45) is 0 Å². The first-order valence-corrected chi connectivity index (χ1v) is 5.07. The lowest BCUT2D eigenvalue weighted by Crippen LogP contribution is -2.52. The molecule has 1 amide bonds. The van der Waals surface area contributed by atoms with Crippen LogP contribution < -0.4 is 10.0 Å². The van der Waals surface area contributed by atoms with Gasteiger partial charge in [-0.2, -0.15) is 0 Å². The molecule has 1 aromatic rings. The van der Waals surface area contributed by atoms with Crippen molar-refractivity contribution in [3.63, 3.8) is 0 Å². The summed E-state index contributed by atoms with van der Waals surface area (Å²) < 4.78 is 13.1. The van der Waals surface area contributed by atoms with Gasteiger partial charge in [-0.1, -0.05) is 11.6 Å². The number of halogens is 2. The summed E-state index contributed by atoms with van der Waals surface area (Å²) in [5, 5.41) is 11.2. The molecule has 1 rings (SSSR count). The molecule has 0 radical (unpaired) electrons. The standard InChI is InChI=1S/C11H13ClFNO2/c1-11(2,3)14(10(15)16)9-5-7(12)4-8(13)6-9/h4-6H,1-3H3,(H,15,16)/p-1. The minimum Gasteiger partial charge on any atom is -0.530 e. The van der Waals surface area contributed by atoms with Gasteiger partial charge < -0.3 is 14.8 Å². The zero-order chi connectivity index (χ0) is 12.5. The number of carboxylic acid groups (broad SMARTS) is 1. The number of carbonyl (C=O) groups is 1. The van der Waals surface area contributed by atoms with Crippen molar-refractivity contribution in [1.82, 2.24) is 0 Å². The fraction of sp³-hybridized carbons (Fsp3) is 0.364. The first kappa shape index (κ1) is 12.8. The minimum absolute atomic E-state index is 0.144. The van der Waals surface area contributed by atoms with Gasteiger partial charge in [0.25, 0.3) is 0 Å². The highest BCUT2D eigenvalue weighted by Crippen LogP contribution is 2.27. The molecule has 0 bridgehead atoms. The second-order valence-electron chi connectivity index (χ2n) is 4.40. The Bertz CT molecular complexity index is 395. The van der Waals surface area contributed by atoms with Gasteiger partial charge in [0, 0.05) is 16.2 Å². The van der Waals surface area contributed by atoms with Crippen LogP contribution in [-0.2, 0) is 0 Å². The zero-order valence-electron chi connectivity index (χ0n) is 9.25. The smallest absolute Gasteiger partial charge is 0.142 e. The monoisotopic (exact) mass is 244 g/mol. The van der Waals surface area contributed by atoms with E-state index in [2.05, 4.69) is 0 Å². The summed E-state index contributed by atoms with van der Waals surface area (Å²) in [5.74, 6) is -0.585. The van der Waals surface area contributed by atoms with Crippen LogP contribution in [0.25, 0.3) is 0 Å². The molecule has 16 heavy (non-hydrogen) atoms. The quantitative estimate of drug-likeness (QED) is 0.762. The Hall–Kier alpha value is -1.29. The van der Waals surface area contributed by atoms with E-state index in [1.807, 2.05) is 0 Å². The molecule has 0 spiro atoms. The summed E-state index contributed by atoms with van der Waals surface area (Å²) in [5.41, 5.74) is -0.562. The molecule has 0 atom stereocenters. The number of rotatable bonds is 1. The molecular weight excluding hydrogens is 233 g/mol. The molecule has 0 heterocycles. The average molecular weight is 245 g/mol. The van der Waals surface area contributed by atoms with Crippen LogP contribution in [0.2, 0.25) is 5.02 Å². The van der Waals surface area contributed by atoms with E-state index in [0.717, 1.165) is 17.0 Å². The van der Waals surface area contributed by atoms with Crippen LogP contribution in [0.1, 0.15) is 20.8 Å². The summed E-state index contributed by atoms with van der Waals surface area (Å²) in [6, 6.07) is 3.60. The molecule has 88 valence electrons. The van der Waals surface area contributed by atoms with Crippen molar-refractivity contribution in [2.75, 3.05) is 4.90 Å². The van der Waals surface area contributed by atoms with Gasteiger partial charge in [-0.3, -0.25) is 0 Å². The van der Waals surface area contributed by atoms with Crippen LogP contribution in [0, 0.1) is 5.82 Å². The van der Waals surface area contributed by atoms with Crippen LogP contribution in [0.4, 0.5) is 14.9 Å². The highest BCUT2D eigenvalue weighted by atomic mass is 35.5. The van der Waals surface area contributed by atoms with E-state index < -0.39 is 17.4 Å². The third-order valence-corrected chi connectivity index (χ3v) is 2.18. The molecule has 3 nitrogen and oxygen atoms in total. The molecule has 0 saturated heterocycles. The van der Waals surface area contributed by atoms with Gasteiger partial charge >= 0.3 is 0 Å². The van der Waals surface area contributed by atoms with Crippen LogP contribution >= 0.6 is 11.6 Å². The number of benzene rings is 1. The number of amides is 1. The fourth-order valence-corrected chi connectivity index (χ4v) is 1.65. The van der Waals surface area contributed by atoms with Crippen LogP contribution in [0.3, 0.4) is 0 Å². The lowest BCUT2D eigenvalue weighted by Gasteiger charge is -2.37. The van der Waals surface area contributed by atoms with Crippen molar-refractivity contribution < 1.29 is 14.3 Å². The first-order valence-electron chi connectivity index (χ1n) is 4.69. The maximum absolute atomic E-state index is 13.1. The maximum Gasteiger partial charge on any atom is 0.142 e. The molecule has 0 saturated carbocycles. The Kier molecular flexibility index (Phi) is 3.43. The van der Waals surface area contributed by atoms with Crippen LogP contribution in [0.5, 0.6) is 0 Å². The summed E-state index contributed by atoms with van der Waals surface area (Å²) in [6.07, 6.45) is -1.39. The first-order chi connectivity index (χ1) is 7.21. The molecule has 0 aromatic heterocycles. The highest BCUT2D eigenvalue weighted by Gasteiger charge is 2.23.